The van der Waals surface area contributed by atoms with Crippen LogP contribution in [0, 0.1) is 12.3 Å². The Morgan fingerprint density at radius 3 is 2.03 bits per heavy atom. The van der Waals surface area contributed by atoms with Gasteiger partial charge in [-0.05, 0) is 69.4 Å². The van der Waals surface area contributed by atoms with Crippen molar-refractivity contribution in [2.75, 3.05) is 0 Å². The molecular formula is C30H42N+. The van der Waals surface area contributed by atoms with E-state index in [1.165, 1.54) is 33.2 Å². The van der Waals surface area contributed by atoms with E-state index in [1.807, 2.05) is 17.7 Å². The summed E-state index contributed by atoms with van der Waals surface area (Å²) in [5.74, 6) is 0. The fourth-order valence-corrected chi connectivity index (χ4v) is 4.58. The molecule has 0 aliphatic heterocycles. The summed E-state index contributed by atoms with van der Waals surface area (Å²) >= 11 is 0. The van der Waals surface area contributed by atoms with Gasteiger partial charge in [0.1, 0.15) is 8.42 Å². The molecule has 1 heteroatoms. The van der Waals surface area contributed by atoms with Crippen LogP contribution in [0.2, 0.25) is 0 Å². The highest BCUT2D eigenvalue weighted by Gasteiger charge is 2.27. The molecule has 3 rings (SSSR count). The summed E-state index contributed by atoms with van der Waals surface area (Å²) in [6.45, 7) is 22.8. The van der Waals surface area contributed by atoms with Crippen molar-refractivity contribution >= 4 is 10.8 Å². The minimum Gasteiger partial charge on any atom is -0.200 e. The summed E-state index contributed by atoms with van der Waals surface area (Å²) < 4.78 is 10.8. The van der Waals surface area contributed by atoms with E-state index < -0.39 is 0 Å². The third-order valence-corrected chi connectivity index (χ3v) is 6.19. The van der Waals surface area contributed by atoms with Gasteiger partial charge in [0.15, 0.2) is 6.17 Å². The van der Waals surface area contributed by atoms with Crippen LogP contribution in [-0.2, 0) is 24.3 Å². The molecule has 0 saturated heterocycles. The van der Waals surface area contributed by atoms with Crippen molar-refractivity contribution in [2.45, 2.75) is 86.5 Å². The molecule has 0 atom stereocenters. The predicted octanol–water partition coefficient (Wildman–Crippen LogP) is 7.82. The van der Waals surface area contributed by atoms with Gasteiger partial charge in [-0.1, -0.05) is 80.5 Å². The number of fused-ring (bicyclic) bond motifs is 1. The third kappa shape index (κ3) is 5.03. The molecule has 166 valence electrons. The topological polar surface area (TPSA) is 3.88 Å². The first-order valence-corrected chi connectivity index (χ1v) is 11.6. The molecule has 0 amide bonds. The van der Waals surface area contributed by atoms with Gasteiger partial charge in [0, 0.05) is 6.07 Å². The van der Waals surface area contributed by atoms with Crippen LogP contribution < -0.4 is 4.57 Å². The van der Waals surface area contributed by atoms with E-state index in [0.717, 1.165) is 17.5 Å². The van der Waals surface area contributed by atoms with Gasteiger partial charge in [0.2, 0.25) is 5.69 Å². The van der Waals surface area contributed by atoms with Crippen molar-refractivity contribution in [1.82, 2.24) is 0 Å². The largest absolute Gasteiger partial charge is 0.220 e. The highest BCUT2D eigenvalue weighted by molar-refractivity contribution is 5.94. The summed E-state index contributed by atoms with van der Waals surface area (Å²) in [4.78, 5) is 0. The molecule has 0 spiro atoms. The van der Waals surface area contributed by atoms with Crippen molar-refractivity contribution in [3.05, 3.63) is 64.8 Å². The third-order valence-electron chi connectivity index (χ3n) is 6.19. The Bertz CT molecular complexity index is 1160. The minimum atomic E-state index is 0.0485. The van der Waals surface area contributed by atoms with E-state index in [0.29, 0.717) is 6.17 Å². The second-order valence-corrected chi connectivity index (χ2v) is 12.5. The molecule has 1 aromatic heterocycles. The van der Waals surface area contributed by atoms with Crippen LogP contribution in [0.3, 0.4) is 0 Å². The molecule has 3 aromatic rings. The Hall–Kier alpha value is -2.15. The monoisotopic (exact) mass is 417 g/mol. The van der Waals surface area contributed by atoms with E-state index in [1.54, 1.807) is 0 Å². The van der Waals surface area contributed by atoms with Gasteiger partial charge in [0.25, 0.3) is 0 Å². The Kier molecular flexibility index (Phi) is 5.53. The maximum Gasteiger partial charge on any atom is 0.220 e. The fraction of sp³-hybridized carbons (Fsp3) is 0.500. The highest BCUT2D eigenvalue weighted by atomic mass is 14.9. The zero-order valence-corrected chi connectivity index (χ0v) is 21.6. The number of aromatic nitrogens is 1. The molecule has 0 saturated carbocycles. The van der Waals surface area contributed by atoms with E-state index in [-0.39, 0.29) is 16.2 Å². The van der Waals surface area contributed by atoms with Crippen LogP contribution in [0.1, 0.15) is 85.9 Å². The number of rotatable bonds is 2. The first-order chi connectivity index (χ1) is 14.5. The Labute approximate surface area is 191 Å². The van der Waals surface area contributed by atoms with Gasteiger partial charge >= 0.3 is 0 Å². The van der Waals surface area contributed by atoms with Crippen LogP contribution in [0.5, 0.6) is 0 Å². The van der Waals surface area contributed by atoms with Gasteiger partial charge in [-0.2, -0.15) is 0 Å². The lowest BCUT2D eigenvalue weighted by atomic mass is 9.76. The molecule has 0 fully saturated rings. The second-order valence-electron chi connectivity index (χ2n) is 12.5. The lowest BCUT2D eigenvalue weighted by Gasteiger charge is -2.28. The van der Waals surface area contributed by atoms with Crippen LogP contribution in [0.25, 0.3) is 22.0 Å². The number of hydrogen-bond acceptors (Lipinski definition) is 0. The Balaban J connectivity index is 2.39. The van der Waals surface area contributed by atoms with Crippen LogP contribution in [0.4, 0.5) is 0 Å². The zero-order chi connectivity index (χ0) is 24.2. The fourth-order valence-electron chi connectivity index (χ4n) is 4.58. The molecule has 0 N–H and O–H groups in total. The van der Waals surface area contributed by atoms with Crippen molar-refractivity contribution in [2.24, 2.45) is 12.5 Å². The molecule has 0 radical (unpaired) electrons. The summed E-state index contributed by atoms with van der Waals surface area (Å²) in [7, 11) is 2.03. The first kappa shape index (κ1) is 22.1. The van der Waals surface area contributed by atoms with Crippen molar-refractivity contribution in [1.29, 1.82) is 0 Å². The quantitative estimate of drug-likeness (QED) is 0.374. The number of benzene rings is 2. The van der Waals surface area contributed by atoms with Gasteiger partial charge in [-0.15, -0.1) is 0 Å². The molecule has 2 aromatic carbocycles. The van der Waals surface area contributed by atoms with Crippen LogP contribution >= 0.6 is 0 Å². The molecule has 31 heavy (non-hydrogen) atoms. The average molecular weight is 418 g/mol. The lowest BCUT2D eigenvalue weighted by Crippen LogP contribution is -2.31. The second kappa shape index (κ2) is 7.76. The molecule has 0 bridgehead atoms. The molecule has 0 unspecified atom stereocenters. The number of nitrogens with zero attached hydrogens (tertiary/aromatic N) is 1. The van der Waals surface area contributed by atoms with Gasteiger partial charge in [0.05, 0.1) is 10.9 Å². The van der Waals surface area contributed by atoms with E-state index in [4.69, 9.17) is 1.37 Å². The number of hydrogen-bond donors (Lipinski definition) is 0. The maximum atomic E-state index is 8.73. The average Bonchev–Trinajstić information content (AvgIpc) is 2.60. The summed E-state index contributed by atoms with van der Waals surface area (Å²) in [5, 5.41) is 2.37. The van der Waals surface area contributed by atoms with Gasteiger partial charge in [-0.25, -0.2) is 4.57 Å². The van der Waals surface area contributed by atoms with Crippen molar-refractivity contribution in [3.8, 4) is 11.3 Å². The van der Waals surface area contributed by atoms with Gasteiger partial charge < -0.3 is 0 Å². The SMILES string of the molecule is [2H]c1cc2cc(CC(C)(C)C)ccc2c(-c2cc(C(C)(C)C)cc(C(C)(C)C)c2C)[n+]1C. The van der Waals surface area contributed by atoms with E-state index in [2.05, 4.69) is 99.6 Å². The normalized spacial score (nSPS) is 13.6. The summed E-state index contributed by atoms with van der Waals surface area (Å²) in [6.07, 6.45) is 1.57. The van der Waals surface area contributed by atoms with E-state index in [9.17, 15) is 0 Å². The maximum absolute atomic E-state index is 8.73. The molecular weight excluding hydrogens is 374 g/mol. The smallest absolute Gasteiger partial charge is 0.200 e. The first-order valence-electron chi connectivity index (χ1n) is 12.1. The Morgan fingerprint density at radius 1 is 0.839 bits per heavy atom. The van der Waals surface area contributed by atoms with Crippen molar-refractivity contribution in [3.63, 3.8) is 0 Å². The minimum absolute atomic E-state index is 0.0485. The summed E-state index contributed by atoms with van der Waals surface area (Å²) in [6, 6.07) is 13.6. The molecule has 0 aliphatic rings. The predicted molar refractivity (Wildman–Crippen MR) is 136 cm³/mol. The molecule has 1 heterocycles. The van der Waals surface area contributed by atoms with Gasteiger partial charge in [-0.3, -0.25) is 0 Å². The van der Waals surface area contributed by atoms with E-state index >= 15 is 0 Å². The summed E-state index contributed by atoms with van der Waals surface area (Å²) in [5.41, 5.74) is 8.09. The standard InChI is InChI=1S/C30H42N/c1-20-25(17-23(29(5,6)7)18-26(20)30(8,9)10)27-24-13-12-21(19-28(2,3)4)16-22(24)14-15-31(27)11/h12-18H,19H2,1-11H3/q+1/i15D. The van der Waals surface area contributed by atoms with Crippen LogP contribution in [0.15, 0.2) is 42.6 Å². The zero-order valence-electron chi connectivity index (χ0n) is 22.6. The Morgan fingerprint density at radius 2 is 1.48 bits per heavy atom. The molecule has 0 aliphatic carbocycles. The highest BCUT2D eigenvalue weighted by Crippen LogP contribution is 2.38. The van der Waals surface area contributed by atoms with Crippen LogP contribution in [-0.4, -0.2) is 0 Å². The van der Waals surface area contributed by atoms with Crippen molar-refractivity contribution < 1.29 is 5.94 Å². The number of pyridine rings is 1. The lowest BCUT2D eigenvalue weighted by molar-refractivity contribution is -0.659. The molecule has 1 nitrogen and oxygen atoms in total.